The Balaban J connectivity index is 2.09. The molecule has 4 aromatic rings. The number of nitrogens with zero attached hydrogens (tertiary/aromatic N) is 4. The molecule has 0 saturated heterocycles. The van der Waals surface area contributed by atoms with E-state index in [1.165, 1.54) is 66.7 Å². The van der Waals surface area contributed by atoms with Crippen molar-refractivity contribution in [3.05, 3.63) is 171 Å². The minimum atomic E-state index is -1.70. The second-order valence-corrected chi connectivity index (χ2v) is 11.3. The van der Waals surface area contributed by atoms with Gasteiger partial charge in [0.15, 0.2) is 0 Å². The number of rotatable bonds is 9. The zero-order chi connectivity index (χ0) is 33.3. The summed E-state index contributed by atoms with van der Waals surface area (Å²) in [6.45, 7) is 3.50. The maximum absolute atomic E-state index is 13.5. The van der Waals surface area contributed by atoms with Gasteiger partial charge in [0, 0.05) is 40.8 Å². The lowest BCUT2D eigenvalue weighted by Gasteiger charge is -2.46. The Bertz CT molecular complexity index is 1960. The van der Waals surface area contributed by atoms with Crippen molar-refractivity contribution in [2.24, 2.45) is 5.92 Å². The summed E-state index contributed by atoms with van der Waals surface area (Å²) in [5.74, 6) is -0.643. The Labute approximate surface area is 266 Å². The largest absolute Gasteiger partial charge is 0.277 e. The van der Waals surface area contributed by atoms with Gasteiger partial charge in [-0.15, -0.1) is 0 Å². The van der Waals surface area contributed by atoms with Crippen molar-refractivity contribution in [2.75, 3.05) is 0 Å². The Kier molecular flexibility index (Phi) is 8.49. The number of nitro benzene ring substituents is 3. The second-order valence-electron chi connectivity index (χ2n) is 10.9. The van der Waals surface area contributed by atoms with Crippen LogP contribution in [0.5, 0.6) is 0 Å². The minimum absolute atomic E-state index is 0.0769. The van der Waals surface area contributed by atoms with Crippen molar-refractivity contribution in [1.82, 2.24) is 0 Å². The SMILES string of the molecule is CC(C)C1(c2ccc([N+](=O)[O-])cc2)C(c2ccccc2)=C(c2ccccc2[N+](=O)[O-])C(Cl)=C(c2cccc([N+](=O)[O-])c2)C1[N+](=O)[O-]. The molecule has 0 heterocycles. The van der Waals surface area contributed by atoms with E-state index in [2.05, 4.69) is 0 Å². The third kappa shape index (κ3) is 5.18. The number of nitro groups is 4. The maximum atomic E-state index is 13.5. The predicted molar refractivity (Wildman–Crippen MR) is 173 cm³/mol. The van der Waals surface area contributed by atoms with Crippen molar-refractivity contribution in [1.29, 1.82) is 0 Å². The molecular formula is C33H25ClN4O8. The molecule has 0 amide bonds. The average molecular weight is 641 g/mol. The van der Waals surface area contributed by atoms with Crippen LogP contribution in [0.25, 0.3) is 16.7 Å². The summed E-state index contributed by atoms with van der Waals surface area (Å²) in [5.41, 5.74) is -1.28. The first kappa shape index (κ1) is 31.7. The molecule has 2 atom stereocenters. The molecule has 232 valence electrons. The van der Waals surface area contributed by atoms with E-state index in [0.29, 0.717) is 16.7 Å². The van der Waals surface area contributed by atoms with E-state index in [9.17, 15) is 40.5 Å². The van der Waals surface area contributed by atoms with Crippen LogP contribution in [-0.4, -0.2) is 25.7 Å². The molecule has 13 heteroatoms. The molecule has 1 aliphatic rings. The molecule has 0 fully saturated rings. The number of halogens is 1. The van der Waals surface area contributed by atoms with Crippen LogP contribution in [0.3, 0.4) is 0 Å². The van der Waals surface area contributed by atoms with E-state index in [1.54, 1.807) is 50.2 Å². The highest BCUT2D eigenvalue weighted by Crippen LogP contribution is 2.60. The molecule has 0 spiro atoms. The monoisotopic (exact) mass is 640 g/mol. The van der Waals surface area contributed by atoms with Gasteiger partial charge in [0.25, 0.3) is 23.1 Å². The summed E-state index contributed by atoms with van der Waals surface area (Å²) < 4.78 is 0. The normalized spacial score (nSPS) is 18.0. The second kappa shape index (κ2) is 12.3. The molecule has 0 bridgehead atoms. The van der Waals surface area contributed by atoms with Gasteiger partial charge >= 0.3 is 0 Å². The summed E-state index contributed by atoms with van der Waals surface area (Å²) in [6.07, 6.45) is 0. The van der Waals surface area contributed by atoms with E-state index < -0.39 is 37.1 Å². The van der Waals surface area contributed by atoms with Crippen molar-refractivity contribution < 1.29 is 19.7 Å². The first-order valence-electron chi connectivity index (χ1n) is 14.0. The first-order valence-corrected chi connectivity index (χ1v) is 14.4. The molecule has 12 nitrogen and oxygen atoms in total. The Morgan fingerprint density at radius 1 is 0.674 bits per heavy atom. The van der Waals surface area contributed by atoms with Crippen LogP contribution < -0.4 is 0 Å². The number of para-hydroxylation sites is 1. The Morgan fingerprint density at radius 3 is 1.83 bits per heavy atom. The zero-order valence-electron chi connectivity index (χ0n) is 24.4. The van der Waals surface area contributed by atoms with Crippen LogP contribution in [0.4, 0.5) is 17.1 Å². The fourth-order valence-electron chi connectivity index (χ4n) is 6.46. The zero-order valence-corrected chi connectivity index (χ0v) is 25.2. The van der Waals surface area contributed by atoms with Crippen molar-refractivity contribution in [3.8, 4) is 0 Å². The van der Waals surface area contributed by atoms with Gasteiger partial charge in [-0.25, -0.2) is 0 Å². The molecule has 0 N–H and O–H groups in total. The molecule has 1 aliphatic carbocycles. The first-order chi connectivity index (χ1) is 21.9. The number of non-ortho nitro benzene ring substituents is 2. The van der Waals surface area contributed by atoms with E-state index in [-0.39, 0.29) is 44.4 Å². The lowest BCUT2D eigenvalue weighted by atomic mass is 9.55. The third-order valence-electron chi connectivity index (χ3n) is 8.30. The van der Waals surface area contributed by atoms with Crippen LogP contribution in [0.2, 0.25) is 0 Å². The van der Waals surface area contributed by atoms with Gasteiger partial charge in [-0.1, -0.05) is 92.2 Å². The van der Waals surface area contributed by atoms with Crippen molar-refractivity contribution in [2.45, 2.75) is 25.3 Å². The standard InChI is InChI=1S/C33H25ClN4O8/c1-20(2)33(23-15-17-24(18-16-23)35(39)40)30(21-9-4-3-5-10-21)29(26-13-6-7-14-27(26)37(43)44)31(34)28(32(33)38(45)46)22-11-8-12-25(19-22)36(41)42/h3-20,32H,1-2H3. The predicted octanol–water partition coefficient (Wildman–Crippen LogP) is 8.23. The van der Waals surface area contributed by atoms with E-state index in [1.807, 2.05) is 0 Å². The van der Waals surface area contributed by atoms with Gasteiger partial charge in [-0.3, -0.25) is 40.5 Å². The summed E-state index contributed by atoms with van der Waals surface area (Å²) in [6, 6.07) is 23.4. The van der Waals surface area contributed by atoms with Crippen LogP contribution >= 0.6 is 11.6 Å². The van der Waals surface area contributed by atoms with Crippen LogP contribution in [0.15, 0.2) is 108 Å². The molecule has 2 unspecified atom stereocenters. The van der Waals surface area contributed by atoms with Gasteiger partial charge in [-0.05, 0) is 34.2 Å². The van der Waals surface area contributed by atoms with Gasteiger partial charge in [0.1, 0.15) is 0 Å². The summed E-state index contributed by atoms with van der Waals surface area (Å²) in [4.78, 5) is 47.0. The van der Waals surface area contributed by atoms with Gasteiger partial charge in [-0.2, -0.15) is 0 Å². The number of hydrogen-bond acceptors (Lipinski definition) is 8. The minimum Gasteiger partial charge on any atom is -0.264 e. The summed E-state index contributed by atoms with van der Waals surface area (Å²) in [5, 5.41) is 49.1. The fourth-order valence-corrected chi connectivity index (χ4v) is 6.87. The third-order valence-corrected chi connectivity index (χ3v) is 8.69. The lowest BCUT2D eigenvalue weighted by Crippen LogP contribution is -2.52. The smallest absolute Gasteiger partial charge is 0.264 e. The van der Waals surface area contributed by atoms with E-state index in [0.717, 1.165) is 0 Å². The number of allylic oxidation sites excluding steroid dienone is 2. The molecule has 4 aromatic carbocycles. The molecule has 5 rings (SSSR count). The quantitative estimate of drug-likeness (QED) is 0.130. The highest BCUT2D eigenvalue weighted by molar-refractivity contribution is 6.43. The molecule has 0 aliphatic heterocycles. The van der Waals surface area contributed by atoms with Crippen LogP contribution in [0.1, 0.15) is 36.1 Å². The highest BCUT2D eigenvalue weighted by atomic mass is 35.5. The number of hydrogen-bond donors (Lipinski definition) is 0. The summed E-state index contributed by atoms with van der Waals surface area (Å²) >= 11 is 7.23. The molecule has 0 aromatic heterocycles. The van der Waals surface area contributed by atoms with Gasteiger partial charge in [0.05, 0.1) is 36.4 Å². The fraction of sp³-hybridized carbons (Fsp3) is 0.152. The molecule has 46 heavy (non-hydrogen) atoms. The van der Waals surface area contributed by atoms with Crippen molar-refractivity contribution >= 4 is 45.4 Å². The Hall–Kier alpha value is -5.75. The molecule has 0 saturated carbocycles. The number of benzene rings is 4. The van der Waals surface area contributed by atoms with Gasteiger partial charge in [0.2, 0.25) is 0 Å². The Morgan fingerprint density at radius 2 is 1.26 bits per heavy atom. The average Bonchev–Trinajstić information content (AvgIpc) is 3.04. The van der Waals surface area contributed by atoms with E-state index in [4.69, 9.17) is 11.6 Å². The van der Waals surface area contributed by atoms with Crippen molar-refractivity contribution in [3.63, 3.8) is 0 Å². The lowest BCUT2D eigenvalue weighted by molar-refractivity contribution is -0.516. The maximum Gasteiger partial charge on any atom is 0.277 e. The van der Waals surface area contributed by atoms with E-state index >= 15 is 0 Å². The van der Waals surface area contributed by atoms with Crippen LogP contribution in [-0.2, 0) is 5.41 Å². The van der Waals surface area contributed by atoms with Crippen LogP contribution in [0, 0.1) is 46.4 Å². The summed E-state index contributed by atoms with van der Waals surface area (Å²) in [7, 11) is 0. The topological polar surface area (TPSA) is 173 Å². The molecular weight excluding hydrogens is 616 g/mol. The molecule has 0 radical (unpaired) electrons. The van der Waals surface area contributed by atoms with Gasteiger partial charge < -0.3 is 0 Å². The highest BCUT2D eigenvalue weighted by Gasteiger charge is 2.60.